The van der Waals surface area contributed by atoms with E-state index in [9.17, 15) is 0 Å². The summed E-state index contributed by atoms with van der Waals surface area (Å²) in [4.78, 5) is 0. The van der Waals surface area contributed by atoms with Gasteiger partial charge in [-0.25, -0.2) is 0 Å². The van der Waals surface area contributed by atoms with Crippen LogP contribution in [-0.2, 0) is 6.42 Å². The highest BCUT2D eigenvalue weighted by Crippen LogP contribution is 2.30. The lowest BCUT2D eigenvalue weighted by Gasteiger charge is -2.28. The van der Waals surface area contributed by atoms with E-state index in [0.29, 0.717) is 6.04 Å². The topological polar surface area (TPSA) is 12.0 Å². The number of nitrogens with one attached hydrogen (secondary N) is 1. The molecule has 0 bridgehead atoms. The lowest BCUT2D eigenvalue weighted by atomic mass is 9.87. The second kappa shape index (κ2) is 4.58. The highest BCUT2D eigenvalue weighted by Gasteiger charge is 2.21. The molecular formula is C17H19N. The van der Waals surface area contributed by atoms with Crippen LogP contribution in [-0.4, -0.2) is 6.54 Å². The van der Waals surface area contributed by atoms with Gasteiger partial charge in [-0.1, -0.05) is 48.0 Å². The Kier molecular flexibility index (Phi) is 2.92. The van der Waals surface area contributed by atoms with Gasteiger partial charge in [0, 0.05) is 6.54 Å². The maximum Gasteiger partial charge on any atom is 0.0582 e. The molecule has 1 aliphatic heterocycles. The van der Waals surface area contributed by atoms with E-state index in [4.69, 9.17) is 0 Å². The normalized spacial score (nSPS) is 18.4. The summed E-state index contributed by atoms with van der Waals surface area (Å²) >= 11 is 0. The summed E-state index contributed by atoms with van der Waals surface area (Å²) in [5.41, 5.74) is 7.05. The van der Waals surface area contributed by atoms with Crippen LogP contribution in [0.25, 0.3) is 0 Å². The molecule has 2 aromatic rings. The van der Waals surface area contributed by atoms with Gasteiger partial charge < -0.3 is 5.32 Å². The first-order valence-corrected chi connectivity index (χ1v) is 6.64. The molecule has 1 atom stereocenters. The number of hydrogen-bond donors (Lipinski definition) is 1. The van der Waals surface area contributed by atoms with Crippen LogP contribution in [0.2, 0.25) is 0 Å². The Labute approximate surface area is 109 Å². The number of aryl methyl sites for hydroxylation is 2. The zero-order valence-electron chi connectivity index (χ0n) is 11.0. The van der Waals surface area contributed by atoms with Crippen molar-refractivity contribution < 1.29 is 0 Å². The fourth-order valence-electron chi connectivity index (χ4n) is 2.85. The van der Waals surface area contributed by atoms with Crippen LogP contribution in [0.1, 0.15) is 33.9 Å². The first-order chi connectivity index (χ1) is 8.75. The zero-order chi connectivity index (χ0) is 12.5. The second-order valence-corrected chi connectivity index (χ2v) is 5.20. The number of hydrogen-bond acceptors (Lipinski definition) is 1. The number of rotatable bonds is 1. The molecule has 0 aromatic heterocycles. The highest BCUT2D eigenvalue weighted by atomic mass is 14.9. The monoisotopic (exact) mass is 237 g/mol. The van der Waals surface area contributed by atoms with Crippen molar-refractivity contribution >= 4 is 0 Å². The molecule has 1 heterocycles. The lowest BCUT2D eigenvalue weighted by Crippen LogP contribution is -2.31. The molecule has 0 radical (unpaired) electrons. The molecule has 0 fully saturated rings. The van der Waals surface area contributed by atoms with Crippen LogP contribution in [0.5, 0.6) is 0 Å². The van der Waals surface area contributed by atoms with Crippen molar-refractivity contribution in [3.8, 4) is 0 Å². The largest absolute Gasteiger partial charge is 0.306 e. The summed E-state index contributed by atoms with van der Waals surface area (Å²) in [5, 5.41) is 3.66. The van der Waals surface area contributed by atoms with Gasteiger partial charge >= 0.3 is 0 Å². The van der Waals surface area contributed by atoms with Crippen LogP contribution >= 0.6 is 0 Å². The Morgan fingerprint density at radius 1 is 1.00 bits per heavy atom. The third kappa shape index (κ3) is 1.95. The average molecular weight is 237 g/mol. The van der Waals surface area contributed by atoms with E-state index in [0.717, 1.165) is 13.0 Å². The minimum Gasteiger partial charge on any atom is -0.306 e. The summed E-state index contributed by atoms with van der Waals surface area (Å²) in [6, 6.07) is 15.9. The first kappa shape index (κ1) is 11.5. The Morgan fingerprint density at radius 3 is 2.72 bits per heavy atom. The molecule has 0 saturated carbocycles. The number of benzene rings is 2. The van der Waals surface area contributed by atoms with Crippen LogP contribution in [0.3, 0.4) is 0 Å². The quantitative estimate of drug-likeness (QED) is 0.800. The van der Waals surface area contributed by atoms with E-state index in [2.05, 4.69) is 61.6 Å². The van der Waals surface area contributed by atoms with E-state index in [1.54, 1.807) is 0 Å². The predicted molar refractivity (Wildman–Crippen MR) is 75.9 cm³/mol. The molecule has 2 aromatic carbocycles. The van der Waals surface area contributed by atoms with Crippen molar-refractivity contribution in [2.75, 3.05) is 6.54 Å². The molecule has 0 unspecified atom stereocenters. The predicted octanol–water partition coefficient (Wildman–Crippen LogP) is 3.54. The van der Waals surface area contributed by atoms with Gasteiger partial charge in [0.25, 0.3) is 0 Å². The Morgan fingerprint density at radius 2 is 1.83 bits per heavy atom. The summed E-state index contributed by atoms with van der Waals surface area (Å²) in [6.07, 6.45) is 1.14. The fraction of sp³-hybridized carbons (Fsp3) is 0.294. The zero-order valence-corrected chi connectivity index (χ0v) is 11.0. The van der Waals surface area contributed by atoms with Crippen molar-refractivity contribution in [3.05, 3.63) is 70.3 Å². The highest BCUT2D eigenvalue weighted by molar-refractivity contribution is 5.43. The standard InChI is InChI=1S/C17H19N/c1-12-7-8-13(2)16(11-12)17-15-6-4-3-5-14(15)9-10-18-17/h3-8,11,17-18H,9-10H2,1-2H3/t17-/m0/s1. The van der Waals surface area contributed by atoms with Gasteiger partial charge in [0.05, 0.1) is 6.04 Å². The molecular weight excluding hydrogens is 218 g/mol. The van der Waals surface area contributed by atoms with E-state index >= 15 is 0 Å². The van der Waals surface area contributed by atoms with Crippen molar-refractivity contribution in [1.29, 1.82) is 0 Å². The summed E-state index contributed by atoms with van der Waals surface area (Å²) in [6.45, 7) is 5.43. The molecule has 1 N–H and O–H groups in total. The summed E-state index contributed by atoms with van der Waals surface area (Å²) in [7, 11) is 0. The smallest absolute Gasteiger partial charge is 0.0582 e. The lowest BCUT2D eigenvalue weighted by molar-refractivity contribution is 0.565. The molecule has 1 aliphatic rings. The van der Waals surface area contributed by atoms with Gasteiger partial charge in [-0.2, -0.15) is 0 Å². The van der Waals surface area contributed by atoms with Crippen LogP contribution in [0, 0.1) is 13.8 Å². The van der Waals surface area contributed by atoms with Crippen molar-refractivity contribution in [2.45, 2.75) is 26.3 Å². The molecule has 1 nitrogen and oxygen atoms in total. The minimum atomic E-state index is 0.356. The Hall–Kier alpha value is -1.60. The minimum absolute atomic E-state index is 0.356. The van der Waals surface area contributed by atoms with Gasteiger partial charge in [-0.15, -0.1) is 0 Å². The van der Waals surface area contributed by atoms with E-state index in [1.807, 2.05) is 0 Å². The van der Waals surface area contributed by atoms with Crippen LogP contribution in [0.4, 0.5) is 0 Å². The van der Waals surface area contributed by atoms with Crippen LogP contribution < -0.4 is 5.32 Å². The van der Waals surface area contributed by atoms with Gasteiger partial charge in [-0.3, -0.25) is 0 Å². The SMILES string of the molecule is Cc1ccc(C)c([C@H]2NCCc3ccccc32)c1. The third-order valence-electron chi connectivity index (χ3n) is 3.85. The molecule has 92 valence electrons. The van der Waals surface area contributed by atoms with Crippen molar-refractivity contribution in [1.82, 2.24) is 5.32 Å². The molecule has 1 heteroatoms. The number of fused-ring (bicyclic) bond motifs is 1. The molecule has 0 aliphatic carbocycles. The Balaban J connectivity index is 2.11. The molecule has 0 spiro atoms. The van der Waals surface area contributed by atoms with Crippen LogP contribution in [0.15, 0.2) is 42.5 Å². The third-order valence-corrected chi connectivity index (χ3v) is 3.85. The maximum absolute atomic E-state index is 3.66. The van der Waals surface area contributed by atoms with Crippen molar-refractivity contribution in [2.24, 2.45) is 0 Å². The van der Waals surface area contributed by atoms with E-state index in [-0.39, 0.29) is 0 Å². The average Bonchev–Trinajstić information content (AvgIpc) is 2.41. The van der Waals surface area contributed by atoms with Gasteiger partial charge in [0.1, 0.15) is 0 Å². The van der Waals surface area contributed by atoms with Crippen molar-refractivity contribution in [3.63, 3.8) is 0 Å². The van der Waals surface area contributed by atoms with Gasteiger partial charge in [0.15, 0.2) is 0 Å². The van der Waals surface area contributed by atoms with Gasteiger partial charge in [-0.05, 0) is 42.5 Å². The maximum atomic E-state index is 3.66. The molecule has 3 rings (SSSR count). The molecule has 0 amide bonds. The fourth-order valence-corrected chi connectivity index (χ4v) is 2.85. The van der Waals surface area contributed by atoms with Gasteiger partial charge in [0.2, 0.25) is 0 Å². The molecule has 18 heavy (non-hydrogen) atoms. The summed E-state index contributed by atoms with van der Waals surface area (Å²) in [5.74, 6) is 0. The molecule has 0 saturated heterocycles. The second-order valence-electron chi connectivity index (χ2n) is 5.20. The summed E-state index contributed by atoms with van der Waals surface area (Å²) < 4.78 is 0. The first-order valence-electron chi connectivity index (χ1n) is 6.64. The Bertz CT molecular complexity index is 572. The van der Waals surface area contributed by atoms with E-state index in [1.165, 1.54) is 27.8 Å². The van der Waals surface area contributed by atoms with E-state index < -0.39 is 0 Å².